The predicted molar refractivity (Wildman–Crippen MR) is 114 cm³/mol. The van der Waals surface area contributed by atoms with Crippen molar-refractivity contribution in [3.8, 4) is 5.75 Å². The van der Waals surface area contributed by atoms with Gasteiger partial charge in [0, 0.05) is 37.2 Å². The first-order valence-corrected chi connectivity index (χ1v) is 9.10. The fourth-order valence-corrected chi connectivity index (χ4v) is 2.86. The van der Waals surface area contributed by atoms with E-state index in [0.29, 0.717) is 17.4 Å². The molecular formula is C21H21N5O4. The molecule has 154 valence electrons. The maximum atomic E-state index is 12.4. The largest absolute Gasteiger partial charge is 0.423 e. The van der Waals surface area contributed by atoms with Crippen LogP contribution in [0.3, 0.4) is 0 Å². The molecule has 1 N–H and O–H groups in total. The molecule has 30 heavy (non-hydrogen) atoms. The Morgan fingerprint density at radius 2 is 1.67 bits per heavy atom. The molecule has 3 aromatic rings. The number of anilines is 3. The highest BCUT2D eigenvalue weighted by molar-refractivity contribution is 5.93. The van der Waals surface area contributed by atoms with E-state index in [0.717, 1.165) is 17.1 Å². The number of ether oxygens (including phenoxy) is 1. The fourth-order valence-electron chi connectivity index (χ4n) is 2.86. The van der Waals surface area contributed by atoms with Gasteiger partial charge in [-0.15, -0.1) is 0 Å². The molecule has 1 heterocycles. The highest BCUT2D eigenvalue weighted by atomic mass is 16.6. The summed E-state index contributed by atoms with van der Waals surface area (Å²) in [6.45, 7) is 3.77. The molecular weight excluding hydrogens is 386 g/mol. The lowest BCUT2D eigenvalue weighted by molar-refractivity contribution is -0.384. The Morgan fingerprint density at radius 1 is 1.03 bits per heavy atom. The summed E-state index contributed by atoms with van der Waals surface area (Å²) in [5.74, 6) is 0.110. The lowest BCUT2D eigenvalue weighted by atomic mass is 10.1. The van der Waals surface area contributed by atoms with Gasteiger partial charge in [-0.3, -0.25) is 10.1 Å². The van der Waals surface area contributed by atoms with Crippen molar-refractivity contribution < 1.29 is 14.5 Å². The van der Waals surface area contributed by atoms with E-state index < -0.39 is 10.9 Å². The second kappa shape index (κ2) is 8.56. The molecule has 0 unspecified atom stereocenters. The van der Waals surface area contributed by atoms with Crippen LogP contribution in [0.15, 0.2) is 48.5 Å². The molecule has 0 saturated heterocycles. The fraction of sp³-hybridized carbons (Fsp3) is 0.190. The van der Waals surface area contributed by atoms with Gasteiger partial charge in [0.1, 0.15) is 11.4 Å². The highest BCUT2D eigenvalue weighted by Crippen LogP contribution is 2.28. The number of hydrogen-bond acceptors (Lipinski definition) is 8. The standard InChI is InChI=1S/C21H21N5O4/c1-13-11-14(2)23-21(22-13)24-16-6-8-17(9-7-16)30-20(27)15-5-10-18(25(3)4)19(12-15)26(28)29/h5-12H,1-4H3,(H,22,23,24). The van der Waals surface area contributed by atoms with E-state index in [-0.39, 0.29) is 11.3 Å². The molecule has 3 rings (SSSR count). The van der Waals surface area contributed by atoms with Gasteiger partial charge in [-0.05, 0) is 56.3 Å². The Kier molecular flexibility index (Phi) is 5.91. The Labute approximate surface area is 173 Å². The molecule has 0 radical (unpaired) electrons. The van der Waals surface area contributed by atoms with Crippen molar-refractivity contribution in [2.75, 3.05) is 24.3 Å². The monoisotopic (exact) mass is 407 g/mol. The minimum Gasteiger partial charge on any atom is -0.423 e. The van der Waals surface area contributed by atoms with Crippen molar-refractivity contribution in [3.05, 3.63) is 75.6 Å². The van der Waals surface area contributed by atoms with Gasteiger partial charge in [0.15, 0.2) is 0 Å². The summed E-state index contributed by atoms with van der Waals surface area (Å²) in [6.07, 6.45) is 0. The maximum Gasteiger partial charge on any atom is 0.343 e. The lowest BCUT2D eigenvalue weighted by Gasteiger charge is -2.13. The molecule has 2 aromatic carbocycles. The van der Waals surface area contributed by atoms with E-state index in [9.17, 15) is 14.9 Å². The third-order valence-electron chi connectivity index (χ3n) is 4.19. The molecule has 0 spiro atoms. The van der Waals surface area contributed by atoms with Crippen molar-refractivity contribution in [2.24, 2.45) is 0 Å². The summed E-state index contributed by atoms with van der Waals surface area (Å²) in [5.41, 5.74) is 2.77. The summed E-state index contributed by atoms with van der Waals surface area (Å²) in [4.78, 5) is 33.4. The summed E-state index contributed by atoms with van der Waals surface area (Å²) >= 11 is 0. The smallest absolute Gasteiger partial charge is 0.343 e. The van der Waals surface area contributed by atoms with Crippen molar-refractivity contribution in [2.45, 2.75) is 13.8 Å². The average molecular weight is 407 g/mol. The van der Waals surface area contributed by atoms with Crippen molar-refractivity contribution in [3.63, 3.8) is 0 Å². The average Bonchev–Trinajstić information content (AvgIpc) is 2.68. The second-order valence-electron chi connectivity index (χ2n) is 6.87. The van der Waals surface area contributed by atoms with Crippen LogP contribution in [0.5, 0.6) is 5.75 Å². The van der Waals surface area contributed by atoms with Crippen molar-refractivity contribution in [1.82, 2.24) is 9.97 Å². The number of nitro benzene ring substituents is 1. The Balaban J connectivity index is 1.73. The van der Waals surface area contributed by atoms with Gasteiger partial charge in [-0.25, -0.2) is 14.8 Å². The van der Waals surface area contributed by atoms with Crippen LogP contribution in [0.1, 0.15) is 21.7 Å². The van der Waals surface area contributed by atoms with Crippen LogP contribution < -0.4 is 15.0 Å². The van der Waals surface area contributed by atoms with Gasteiger partial charge in [0.05, 0.1) is 10.5 Å². The minimum absolute atomic E-state index is 0.0955. The molecule has 0 saturated carbocycles. The van der Waals surface area contributed by atoms with Gasteiger partial charge >= 0.3 is 5.97 Å². The number of aromatic nitrogens is 2. The molecule has 9 nitrogen and oxygen atoms in total. The summed E-state index contributed by atoms with van der Waals surface area (Å²) in [7, 11) is 3.39. The summed E-state index contributed by atoms with van der Waals surface area (Å²) in [6, 6.07) is 12.8. The zero-order valence-electron chi connectivity index (χ0n) is 17.0. The van der Waals surface area contributed by atoms with Crippen LogP contribution in [0, 0.1) is 24.0 Å². The number of nitrogens with one attached hydrogen (secondary N) is 1. The topological polar surface area (TPSA) is 110 Å². The van der Waals surface area contributed by atoms with Gasteiger partial charge in [0.2, 0.25) is 5.95 Å². The number of aryl methyl sites for hydroxylation is 2. The van der Waals surface area contributed by atoms with Crippen LogP contribution in [0.25, 0.3) is 0 Å². The van der Waals surface area contributed by atoms with Crippen molar-refractivity contribution in [1.29, 1.82) is 0 Å². The minimum atomic E-state index is -0.679. The van der Waals surface area contributed by atoms with E-state index >= 15 is 0 Å². The maximum absolute atomic E-state index is 12.4. The lowest BCUT2D eigenvalue weighted by Crippen LogP contribution is -2.13. The van der Waals surface area contributed by atoms with Gasteiger partial charge in [-0.2, -0.15) is 0 Å². The highest BCUT2D eigenvalue weighted by Gasteiger charge is 2.20. The van der Waals surface area contributed by atoms with Crippen LogP contribution in [0.2, 0.25) is 0 Å². The van der Waals surface area contributed by atoms with Crippen molar-refractivity contribution >= 4 is 29.0 Å². The van der Waals surface area contributed by atoms with Gasteiger partial charge < -0.3 is 15.0 Å². The number of nitro groups is 1. The van der Waals surface area contributed by atoms with E-state index in [4.69, 9.17) is 4.74 Å². The van der Waals surface area contributed by atoms with Crippen LogP contribution >= 0.6 is 0 Å². The van der Waals surface area contributed by atoms with Crippen LogP contribution in [-0.2, 0) is 0 Å². The predicted octanol–water partition coefficient (Wildman–Crippen LogP) is 4.03. The van der Waals surface area contributed by atoms with E-state index in [1.54, 1.807) is 43.3 Å². The number of nitrogens with zero attached hydrogens (tertiary/aromatic N) is 4. The zero-order chi connectivity index (χ0) is 21.8. The Morgan fingerprint density at radius 3 is 2.23 bits per heavy atom. The SMILES string of the molecule is Cc1cc(C)nc(Nc2ccc(OC(=O)c3ccc(N(C)C)c([N+](=O)[O-])c3)cc2)n1. The number of rotatable bonds is 6. The molecule has 0 amide bonds. The first kappa shape index (κ1) is 20.7. The van der Waals surface area contributed by atoms with E-state index in [1.807, 2.05) is 19.9 Å². The molecule has 0 atom stereocenters. The number of carbonyl (C=O) groups is 1. The molecule has 0 aliphatic carbocycles. The van der Waals surface area contributed by atoms with Gasteiger partial charge in [-0.1, -0.05) is 0 Å². The number of carbonyl (C=O) groups excluding carboxylic acids is 1. The molecule has 0 aliphatic heterocycles. The number of hydrogen-bond donors (Lipinski definition) is 1. The molecule has 1 aromatic heterocycles. The second-order valence-corrected chi connectivity index (χ2v) is 6.87. The molecule has 0 bridgehead atoms. The first-order chi connectivity index (χ1) is 14.2. The Bertz CT molecular complexity index is 1080. The first-order valence-electron chi connectivity index (χ1n) is 9.10. The normalized spacial score (nSPS) is 10.4. The third kappa shape index (κ3) is 4.88. The number of esters is 1. The summed E-state index contributed by atoms with van der Waals surface area (Å²) < 4.78 is 5.34. The Hall–Kier alpha value is -4.01. The number of benzene rings is 2. The molecule has 0 aliphatic rings. The zero-order valence-corrected chi connectivity index (χ0v) is 17.0. The van der Waals surface area contributed by atoms with Crippen LogP contribution in [0.4, 0.5) is 23.0 Å². The van der Waals surface area contributed by atoms with E-state index in [1.165, 1.54) is 18.2 Å². The molecule has 9 heteroatoms. The van der Waals surface area contributed by atoms with Crippen LogP contribution in [-0.4, -0.2) is 35.0 Å². The van der Waals surface area contributed by atoms with E-state index in [2.05, 4.69) is 15.3 Å². The summed E-state index contributed by atoms with van der Waals surface area (Å²) in [5, 5.41) is 14.4. The third-order valence-corrected chi connectivity index (χ3v) is 4.19. The quantitative estimate of drug-likeness (QED) is 0.282. The van der Waals surface area contributed by atoms with Gasteiger partial charge in [0.25, 0.3) is 5.69 Å². The molecule has 0 fully saturated rings.